The molecule has 0 saturated heterocycles. The molecule has 0 atom stereocenters. The summed E-state index contributed by atoms with van der Waals surface area (Å²) in [5.41, 5.74) is 0.639. The van der Waals surface area contributed by atoms with E-state index in [1.165, 1.54) is 12.1 Å². The average Bonchev–Trinajstić information content (AvgIpc) is 2.36. The van der Waals surface area contributed by atoms with Crippen molar-refractivity contribution in [3.05, 3.63) is 41.0 Å². The SMILES string of the molecule is CCC(=Cc1ccccc1C(F)(F)F)CNCC(C)C. The molecule has 0 aromatic heterocycles. The minimum absolute atomic E-state index is 0.239. The molecule has 0 amide bonds. The summed E-state index contributed by atoms with van der Waals surface area (Å²) in [7, 11) is 0. The standard InChI is InChI=1S/C16H22F3N/c1-4-13(11-20-10-12(2)3)9-14-7-5-6-8-15(14)16(17,18)19/h5-9,12,20H,4,10-11H2,1-3H3. The van der Waals surface area contributed by atoms with E-state index in [0.29, 0.717) is 12.5 Å². The molecule has 112 valence electrons. The van der Waals surface area contributed by atoms with Gasteiger partial charge in [0.1, 0.15) is 0 Å². The molecule has 1 nitrogen and oxygen atoms in total. The van der Waals surface area contributed by atoms with Crippen LogP contribution in [0.1, 0.15) is 38.3 Å². The summed E-state index contributed by atoms with van der Waals surface area (Å²) < 4.78 is 38.7. The number of hydrogen-bond acceptors (Lipinski definition) is 1. The lowest BCUT2D eigenvalue weighted by atomic mass is 10.0. The third-order valence-electron chi connectivity index (χ3n) is 2.98. The van der Waals surface area contributed by atoms with Gasteiger partial charge in [-0.25, -0.2) is 0 Å². The first-order valence-electron chi connectivity index (χ1n) is 6.91. The van der Waals surface area contributed by atoms with E-state index in [1.807, 2.05) is 6.92 Å². The summed E-state index contributed by atoms with van der Waals surface area (Å²) in [6.07, 6.45) is -1.93. The van der Waals surface area contributed by atoms with Crippen LogP contribution in [0, 0.1) is 5.92 Å². The molecule has 0 fully saturated rings. The molecule has 0 heterocycles. The van der Waals surface area contributed by atoms with Gasteiger partial charge in [0.05, 0.1) is 5.56 Å². The summed E-state index contributed by atoms with van der Waals surface area (Å²) in [6, 6.07) is 5.69. The molecule has 4 heteroatoms. The summed E-state index contributed by atoms with van der Waals surface area (Å²) in [6.45, 7) is 7.64. The number of halogens is 3. The largest absolute Gasteiger partial charge is 0.416 e. The quantitative estimate of drug-likeness (QED) is 0.795. The summed E-state index contributed by atoms with van der Waals surface area (Å²) in [4.78, 5) is 0. The van der Waals surface area contributed by atoms with Gasteiger partial charge < -0.3 is 5.32 Å². The highest BCUT2D eigenvalue weighted by Gasteiger charge is 2.32. The number of hydrogen-bond donors (Lipinski definition) is 1. The van der Waals surface area contributed by atoms with Crippen LogP contribution in [0.4, 0.5) is 13.2 Å². The zero-order valence-electron chi connectivity index (χ0n) is 12.2. The third-order valence-corrected chi connectivity index (χ3v) is 2.98. The number of benzene rings is 1. The second-order valence-corrected chi connectivity index (χ2v) is 5.27. The first-order chi connectivity index (χ1) is 9.34. The number of nitrogens with one attached hydrogen (secondary N) is 1. The second kappa shape index (κ2) is 7.48. The Morgan fingerprint density at radius 1 is 1.25 bits per heavy atom. The van der Waals surface area contributed by atoms with Gasteiger partial charge in [-0.3, -0.25) is 0 Å². The Bertz CT molecular complexity index is 447. The summed E-state index contributed by atoms with van der Waals surface area (Å²) in [5, 5.41) is 3.26. The van der Waals surface area contributed by atoms with Gasteiger partial charge in [-0.05, 0) is 30.5 Å². The molecule has 1 aromatic carbocycles. The van der Waals surface area contributed by atoms with Crippen LogP contribution in [0.25, 0.3) is 6.08 Å². The lowest BCUT2D eigenvalue weighted by Crippen LogP contribution is -2.22. The molecule has 0 unspecified atom stereocenters. The van der Waals surface area contributed by atoms with E-state index in [1.54, 1.807) is 12.1 Å². The van der Waals surface area contributed by atoms with Gasteiger partial charge in [0.25, 0.3) is 0 Å². The Balaban J connectivity index is 2.90. The lowest BCUT2D eigenvalue weighted by molar-refractivity contribution is -0.137. The predicted molar refractivity (Wildman–Crippen MR) is 77.4 cm³/mol. The minimum atomic E-state index is -4.31. The van der Waals surface area contributed by atoms with Crippen LogP contribution in [0.5, 0.6) is 0 Å². The van der Waals surface area contributed by atoms with Crippen molar-refractivity contribution in [2.24, 2.45) is 5.92 Å². The Labute approximate surface area is 118 Å². The molecule has 0 saturated carbocycles. The van der Waals surface area contributed by atoms with Crippen LogP contribution in [0.15, 0.2) is 29.8 Å². The zero-order valence-corrected chi connectivity index (χ0v) is 12.2. The molecule has 0 aliphatic carbocycles. The van der Waals surface area contributed by atoms with E-state index in [9.17, 15) is 13.2 Å². The molecular weight excluding hydrogens is 263 g/mol. The highest BCUT2D eigenvalue weighted by molar-refractivity contribution is 5.57. The van der Waals surface area contributed by atoms with Crippen molar-refractivity contribution < 1.29 is 13.2 Å². The second-order valence-electron chi connectivity index (χ2n) is 5.27. The molecule has 0 spiro atoms. The zero-order chi connectivity index (χ0) is 15.2. The minimum Gasteiger partial charge on any atom is -0.313 e. The van der Waals surface area contributed by atoms with Crippen molar-refractivity contribution >= 4 is 6.08 Å². The summed E-state index contributed by atoms with van der Waals surface area (Å²) >= 11 is 0. The Morgan fingerprint density at radius 2 is 1.90 bits per heavy atom. The Kier molecular flexibility index (Phi) is 6.27. The van der Waals surface area contributed by atoms with Gasteiger partial charge in [-0.15, -0.1) is 0 Å². The number of alkyl halides is 3. The number of rotatable bonds is 6. The van der Waals surface area contributed by atoms with Crippen molar-refractivity contribution in [2.75, 3.05) is 13.1 Å². The van der Waals surface area contributed by atoms with Crippen LogP contribution in [0.2, 0.25) is 0 Å². The monoisotopic (exact) mass is 285 g/mol. The molecule has 20 heavy (non-hydrogen) atoms. The first-order valence-corrected chi connectivity index (χ1v) is 6.91. The molecule has 0 bridgehead atoms. The molecule has 0 aliphatic heterocycles. The van der Waals surface area contributed by atoms with E-state index in [4.69, 9.17) is 0 Å². The maximum Gasteiger partial charge on any atom is 0.416 e. The van der Waals surface area contributed by atoms with Crippen molar-refractivity contribution in [1.82, 2.24) is 5.32 Å². The summed E-state index contributed by atoms with van der Waals surface area (Å²) in [5.74, 6) is 0.524. The lowest BCUT2D eigenvalue weighted by Gasteiger charge is -2.13. The fourth-order valence-corrected chi connectivity index (χ4v) is 1.90. The van der Waals surface area contributed by atoms with Gasteiger partial charge in [0.15, 0.2) is 0 Å². The van der Waals surface area contributed by atoms with Gasteiger partial charge in [0.2, 0.25) is 0 Å². The van der Waals surface area contributed by atoms with Crippen LogP contribution >= 0.6 is 0 Å². The van der Waals surface area contributed by atoms with Crippen LogP contribution in [0.3, 0.4) is 0 Å². The normalized spacial score (nSPS) is 13.1. The van der Waals surface area contributed by atoms with Crippen molar-refractivity contribution in [2.45, 2.75) is 33.4 Å². The van der Waals surface area contributed by atoms with Crippen LogP contribution < -0.4 is 5.32 Å². The molecule has 1 rings (SSSR count). The molecule has 0 radical (unpaired) electrons. The maximum absolute atomic E-state index is 12.9. The van der Waals surface area contributed by atoms with Gasteiger partial charge >= 0.3 is 6.18 Å². The first kappa shape index (κ1) is 16.8. The van der Waals surface area contributed by atoms with Crippen molar-refractivity contribution in [1.29, 1.82) is 0 Å². The maximum atomic E-state index is 12.9. The third kappa shape index (κ3) is 5.37. The molecule has 1 N–H and O–H groups in total. The smallest absolute Gasteiger partial charge is 0.313 e. The highest BCUT2D eigenvalue weighted by atomic mass is 19.4. The Hall–Kier alpha value is -1.29. The van der Waals surface area contributed by atoms with Crippen molar-refractivity contribution in [3.63, 3.8) is 0 Å². The Morgan fingerprint density at radius 3 is 2.45 bits per heavy atom. The fourth-order valence-electron chi connectivity index (χ4n) is 1.90. The van der Waals surface area contributed by atoms with Crippen molar-refractivity contribution in [3.8, 4) is 0 Å². The van der Waals surface area contributed by atoms with E-state index in [2.05, 4.69) is 19.2 Å². The fraction of sp³-hybridized carbons (Fsp3) is 0.500. The van der Waals surface area contributed by atoms with Crippen LogP contribution in [-0.4, -0.2) is 13.1 Å². The van der Waals surface area contributed by atoms with E-state index < -0.39 is 11.7 Å². The molecular formula is C16H22F3N. The average molecular weight is 285 g/mol. The van der Waals surface area contributed by atoms with Crippen LogP contribution in [-0.2, 0) is 6.18 Å². The topological polar surface area (TPSA) is 12.0 Å². The predicted octanol–water partition coefficient (Wildman–Crippen LogP) is 4.74. The van der Waals surface area contributed by atoms with Gasteiger partial charge in [-0.2, -0.15) is 13.2 Å². The van der Waals surface area contributed by atoms with E-state index in [0.717, 1.165) is 24.6 Å². The van der Waals surface area contributed by atoms with Gasteiger partial charge in [0, 0.05) is 6.54 Å². The molecule has 1 aromatic rings. The van der Waals surface area contributed by atoms with E-state index in [-0.39, 0.29) is 5.56 Å². The molecule has 0 aliphatic rings. The highest BCUT2D eigenvalue weighted by Crippen LogP contribution is 2.32. The van der Waals surface area contributed by atoms with E-state index >= 15 is 0 Å². The van der Waals surface area contributed by atoms with Gasteiger partial charge in [-0.1, -0.05) is 50.6 Å².